The highest BCUT2D eigenvalue weighted by Gasteiger charge is 2.26. The average Bonchev–Trinajstić information content (AvgIpc) is 3.44. The maximum absolute atomic E-state index is 13.1. The van der Waals surface area contributed by atoms with Gasteiger partial charge in [-0.15, -0.1) is 0 Å². The molecule has 0 spiro atoms. The van der Waals surface area contributed by atoms with Crippen LogP contribution in [0.1, 0.15) is 83.8 Å². The van der Waals surface area contributed by atoms with Gasteiger partial charge in [0, 0.05) is 26.1 Å². The van der Waals surface area contributed by atoms with Crippen LogP contribution in [-0.2, 0) is 20.9 Å². The monoisotopic (exact) mass is 420 g/mol. The smallest absolute Gasteiger partial charge is 0.242 e. The molecular formula is C24H40N2O4. The zero-order valence-electron chi connectivity index (χ0n) is 18.9. The molecule has 1 aromatic heterocycles. The minimum Gasteiger partial charge on any atom is -0.467 e. The van der Waals surface area contributed by atoms with Crippen molar-refractivity contribution in [2.75, 3.05) is 26.2 Å². The van der Waals surface area contributed by atoms with Crippen molar-refractivity contribution in [3.8, 4) is 0 Å². The second-order valence-electron chi connectivity index (χ2n) is 8.32. The second kappa shape index (κ2) is 14.2. The summed E-state index contributed by atoms with van der Waals surface area (Å²) in [6.45, 7) is 6.72. The maximum atomic E-state index is 13.1. The van der Waals surface area contributed by atoms with E-state index in [0.717, 1.165) is 44.5 Å². The van der Waals surface area contributed by atoms with Crippen molar-refractivity contribution in [1.29, 1.82) is 0 Å². The zero-order valence-corrected chi connectivity index (χ0v) is 18.9. The molecule has 1 atom stereocenters. The van der Waals surface area contributed by atoms with E-state index in [0.29, 0.717) is 26.1 Å². The first-order valence-electron chi connectivity index (χ1n) is 11.8. The Labute approximate surface area is 181 Å². The van der Waals surface area contributed by atoms with E-state index in [1.807, 2.05) is 19.1 Å². The van der Waals surface area contributed by atoms with Gasteiger partial charge in [0.05, 0.1) is 25.5 Å². The van der Waals surface area contributed by atoms with E-state index in [2.05, 4.69) is 6.92 Å². The Balaban J connectivity index is 1.88. The Hall–Kier alpha value is -1.82. The predicted octanol–water partition coefficient (Wildman–Crippen LogP) is 4.78. The topological polar surface area (TPSA) is 63.0 Å². The molecule has 0 unspecified atom stereocenters. The Kier molecular flexibility index (Phi) is 11.6. The lowest BCUT2D eigenvalue weighted by molar-refractivity contribution is -0.142. The highest BCUT2D eigenvalue weighted by atomic mass is 16.5. The molecule has 1 aromatic rings. The molecule has 1 aliphatic heterocycles. The summed E-state index contributed by atoms with van der Waals surface area (Å²) in [5.41, 5.74) is 0. The highest BCUT2D eigenvalue weighted by molar-refractivity contribution is 5.84. The lowest BCUT2D eigenvalue weighted by Crippen LogP contribution is -2.45. The summed E-state index contributed by atoms with van der Waals surface area (Å²) in [5, 5.41) is 0. The lowest BCUT2D eigenvalue weighted by Gasteiger charge is -2.28. The van der Waals surface area contributed by atoms with Gasteiger partial charge >= 0.3 is 0 Å². The van der Waals surface area contributed by atoms with Gasteiger partial charge in [-0.3, -0.25) is 9.59 Å². The zero-order chi connectivity index (χ0) is 21.6. The fourth-order valence-electron chi connectivity index (χ4n) is 3.92. The quantitative estimate of drug-likeness (QED) is 0.383. The molecule has 0 saturated carbocycles. The first-order chi connectivity index (χ1) is 14.6. The fraction of sp³-hybridized carbons (Fsp3) is 0.750. The number of nitrogens with zero attached hydrogens (tertiary/aromatic N) is 2. The minimum absolute atomic E-state index is 0.0355. The average molecular weight is 421 g/mol. The molecular weight excluding hydrogens is 380 g/mol. The van der Waals surface area contributed by atoms with Crippen LogP contribution in [0.5, 0.6) is 0 Å². The van der Waals surface area contributed by atoms with E-state index in [9.17, 15) is 9.59 Å². The number of carbonyl (C=O) groups is 2. The number of carbonyl (C=O) groups excluding carboxylic acids is 2. The molecule has 0 radical (unpaired) electrons. The van der Waals surface area contributed by atoms with Gasteiger partial charge in [0.2, 0.25) is 11.8 Å². The van der Waals surface area contributed by atoms with E-state index in [1.165, 1.54) is 25.7 Å². The van der Waals surface area contributed by atoms with Crippen molar-refractivity contribution < 1.29 is 18.7 Å². The molecule has 0 bridgehead atoms. The largest absolute Gasteiger partial charge is 0.467 e. The second-order valence-corrected chi connectivity index (χ2v) is 8.32. The Morgan fingerprint density at radius 3 is 2.50 bits per heavy atom. The SMILES string of the molecule is CCCCCCCCC(=O)N(CCC)CC(=O)N(Cc1ccco1)C[C@H]1CCCO1. The van der Waals surface area contributed by atoms with E-state index in [-0.39, 0.29) is 24.5 Å². The summed E-state index contributed by atoms with van der Waals surface area (Å²) < 4.78 is 11.2. The van der Waals surface area contributed by atoms with Crippen LogP contribution in [0.4, 0.5) is 0 Å². The highest BCUT2D eigenvalue weighted by Crippen LogP contribution is 2.16. The summed E-state index contributed by atoms with van der Waals surface area (Å²) in [7, 11) is 0. The van der Waals surface area contributed by atoms with Crippen LogP contribution in [0.3, 0.4) is 0 Å². The third kappa shape index (κ3) is 8.90. The number of hydrogen-bond acceptors (Lipinski definition) is 4. The van der Waals surface area contributed by atoms with Crippen LogP contribution in [0.25, 0.3) is 0 Å². The Morgan fingerprint density at radius 1 is 1.03 bits per heavy atom. The van der Waals surface area contributed by atoms with E-state index >= 15 is 0 Å². The van der Waals surface area contributed by atoms with Crippen molar-refractivity contribution in [3.05, 3.63) is 24.2 Å². The molecule has 0 N–H and O–H groups in total. The van der Waals surface area contributed by atoms with E-state index < -0.39 is 0 Å². The third-order valence-electron chi connectivity index (χ3n) is 5.64. The van der Waals surface area contributed by atoms with Gasteiger partial charge in [0.15, 0.2) is 0 Å². The minimum atomic E-state index is -0.0355. The normalized spacial score (nSPS) is 16.0. The molecule has 170 valence electrons. The van der Waals surface area contributed by atoms with Crippen molar-refractivity contribution in [3.63, 3.8) is 0 Å². The van der Waals surface area contributed by atoms with Crippen LogP contribution in [0.2, 0.25) is 0 Å². The van der Waals surface area contributed by atoms with Gasteiger partial charge in [-0.25, -0.2) is 0 Å². The van der Waals surface area contributed by atoms with Crippen molar-refractivity contribution in [2.45, 2.75) is 90.7 Å². The third-order valence-corrected chi connectivity index (χ3v) is 5.64. The molecule has 2 heterocycles. The Bertz CT molecular complexity index is 596. The van der Waals surface area contributed by atoms with E-state index in [4.69, 9.17) is 9.15 Å². The predicted molar refractivity (Wildman–Crippen MR) is 118 cm³/mol. The molecule has 2 rings (SSSR count). The van der Waals surface area contributed by atoms with Gasteiger partial charge in [-0.05, 0) is 37.8 Å². The first kappa shape index (κ1) is 24.4. The van der Waals surface area contributed by atoms with Gasteiger partial charge in [-0.2, -0.15) is 0 Å². The van der Waals surface area contributed by atoms with Gasteiger partial charge in [0.1, 0.15) is 5.76 Å². The summed E-state index contributed by atoms with van der Waals surface area (Å²) in [5.74, 6) is 0.809. The number of hydrogen-bond donors (Lipinski definition) is 0. The number of furan rings is 1. The summed E-state index contributed by atoms with van der Waals surface area (Å²) in [6.07, 6.45) is 12.0. The number of unbranched alkanes of at least 4 members (excludes halogenated alkanes) is 5. The molecule has 0 aromatic carbocycles. The van der Waals surface area contributed by atoms with Crippen LogP contribution >= 0.6 is 0 Å². The first-order valence-corrected chi connectivity index (χ1v) is 11.8. The molecule has 2 amide bonds. The number of rotatable bonds is 15. The Morgan fingerprint density at radius 2 is 1.83 bits per heavy atom. The summed E-state index contributed by atoms with van der Waals surface area (Å²) in [4.78, 5) is 29.4. The van der Waals surface area contributed by atoms with Crippen LogP contribution in [0, 0.1) is 0 Å². The standard InChI is InChI=1S/C24H40N2O4/c1-3-5-6-7-8-9-14-23(27)25(15-4-2)20-24(28)26(18-21-12-10-16-29-21)19-22-13-11-17-30-22/h10,12,16,22H,3-9,11,13-15,17-20H2,1-2H3/t22-/m1/s1. The van der Waals surface area contributed by atoms with Crippen molar-refractivity contribution >= 4 is 11.8 Å². The molecule has 6 nitrogen and oxygen atoms in total. The number of amides is 2. The van der Waals surface area contributed by atoms with Gasteiger partial charge in [0.25, 0.3) is 0 Å². The van der Waals surface area contributed by atoms with Crippen molar-refractivity contribution in [1.82, 2.24) is 9.80 Å². The molecule has 6 heteroatoms. The summed E-state index contributed by atoms with van der Waals surface area (Å²) in [6, 6.07) is 3.71. The molecule has 1 saturated heterocycles. The summed E-state index contributed by atoms with van der Waals surface area (Å²) >= 11 is 0. The molecule has 30 heavy (non-hydrogen) atoms. The van der Waals surface area contributed by atoms with Gasteiger partial charge < -0.3 is 19.0 Å². The van der Waals surface area contributed by atoms with Gasteiger partial charge in [-0.1, -0.05) is 46.0 Å². The van der Waals surface area contributed by atoms with Crippen LogP contribution in [0.15, 0.2) is 22.8 Å². The maximum Gasteiger partial charge on any atom is 0.242 e. The lowest BCUT2D eigenvalue weighted by atomic mass is 10.1. The van der Waals surface area contributed by atoms with E-state index in [1.54, 1.807) is 16.1 Å². The molecule has 0 aliphatic carbocycles. The van der Waals surface area contributed by atoms with Crippen LogP contribution in [-0.4, -0.2) is 54.0 Å². The fourth-order valence-corrected chi connectivity index (χ4v) is 3.92. The molecule has 1 aliphatic rings. The van der Waals surface area contributed by atoms with Crippen molar-refractivity contribution in [2.24, 2.45) is 0 Å². The molecule has 1 fully saturated rings. The van der Waals surface area contributed by atoms with Crippen LogP contribution < -0.4 is 0 Å². The number of ether oxygens (including phenoxy) is 1.